The number of carbonyl (C=O) groups excluding carboxylic acids is 2. The minimum Gasteiger partial charge on any atom is -0.481 e. The van der Waals surface area contributed by atoms with Crippen molar-refractivity contribution in [3.63, 3.8) is 0 Å². The molecule has 2 N–H and O–H groups in total. The first kappa shape index (κ1) is 20.0. The van der Waals surface area contributed by atoms with E-state index in [-0.39, 0.29) is 11.8 Å². The topological polar surface area (TPSA) is 67.4 Å². The number of hydrazine groups is 1. The smallest absolute Gasteiger partial charge is 0.279 e. The summed E-state index contributed by atoms with van der Waals surface area (Å²) in [5.74, 6) is -0.382. The SMILES string of the molecule is CCCC(C(=O)NNC(=O)C(C)Oc1cccc(Br)c1)c1ccccc1. The fraction of sp³-hybridized carbons (Fsp3) is 0.300. The zero-order valence-electron chi connectivity index (χ0n) is 14.9. The second-order valence-electron chi connectivity index (χ2n) is 5.95. The maximum atomic E-state index is 12.5. The first-order chi connectivity index (χ1) is 12.5. The summed E-state index contributed by atoms with van der Waals surface area (Å²) in [5, 5.41) is 0. The van der Waals surface area contributed by atoms with Gasteiger partial charge in [-0.3, -0.25) is 20.4 Å². The zero-order chi connectivity index (χ0) is 18.9. The molecule has 0 aliphatic rings. The molecule has 0 aromatic heterocycles. The Morgan fingerprint density at radius 2 is 1.73 bits per heavy atom. The van der Waals surface area contributed by atoms with Crippen LogP contribution in [-0.4, -0.2) is 17.9 Å². The van der Waals surface area contributed by atoms with Crippen LogP contribution in [0.15, 0.2) is 59.1 Å². The van der Waals surface area contributed by atoms with Crippen molar-refractivity contribution in [3.05, 3.63) is 64.6 Å². The van der Waals surface area contributed by atoms with E-state index in [1.54, 1.807) is 19.1 Å². The van der Waals surface area contributed by atoms with Crippen molar-refractivity contribution in [1.29, 1.82) is 0 Å². The maximum Gasteiger partial charge on any atom is 0.279 e. The number of nitrogens with one attached hydrogen (secondary N) is 2. The lowest BCUT2D eigenvalue weighted by Crippen LogP contribution is -2.48. The summed E-state index contributed by atoms with van der Waals surface area (Å²) in [4.78, 5) is 24.7. The van der Waals surface area contributed by atoms with E-state index in [9.17, 15) is 9.59 Å². The van der Waals surface area contributed by atoms with Crippen molar-refractivity contribution in [2.75, 3.05) is 0 Å². The summed E-state index contributed by atoms with van der Waals surface area (Å²) >= 11 is 3.35. The van der Waals surface area contributed by atoms with Gasteiger partial charge in [-0.25, -0.2) is 0 Å². The predicted molar refractivity (Wildman–Crippen MR) is 105 cm³/mol. The van der Waals surface area contributed by atoms with Gasteiger partial charge in [0.2, 0.25) is 5.91 Å². The number of ether oxygens (including phenoxy) is 1. The van der Waals surface area contributed by atoms with Crippen molar-refractivity contribution >= 4 is 27.7 Å². The van der Waals surface area contributed by atoms with Crippen LogP contribution in [0, 0.1) is 0 Å². The fourth-order valence-electron chi connectivity index (χ4n) is 2.53. The Labute approximate surface area is 162 Å². The van der Waals surface area contributed by atoms with E-state index in [2.05, 4.69) is 26.8 Å². The lowest BCUT2D eigenvalue weighted by molar-refractivity contribution is -0.133. The Morgan fingerprint density at radius 3 is 2.38 bits per heavy atom. The van der Waals surface area contributed by atoms with Crippen LogP contribution in [0.5, 0.6) is 5.75 Å². The predicted octanol–water partition coefficient (Wildman–Crippen LogP) is 3.95. The molecule has 0 saturated heterocycles. The van der Waals surface area contributed by atoms with Gasteiger partial charge in [-0.05, 0) is 37.1 Å². The largest absolute Gasteiger partial charge is 0.481 e. The van der Waals surface area contributed by atoms with Gasteiger partial charge in [-0.15, -0.1) is 0 Å². The Morgan fingerprint density at radius 1 is 1.04 bits per heavy atom. The van der Waals surface area contributed by atoms with Crippen LogP contribution in [0.2, 0.25) is 0 Å². The number of halogens is 1. The van der Waals surface area contributed by atoms with Crippen LogP contribution >= 0.6 is 15.9 Å². The molecule has 2 aromatic carbocycles. The highest BCUT2D eigenvalue weighted by atomic mass is 79.9. The number of rotatable bonds is 7. The summed E-state index contributed by atoms with van der Waals surface area (Å²) in [6, 6.07) is 16.8. The molecule has 2 unspecified atom stereocenters. The maximum absolute atomic E-state index is 12.5. The van der Waals surface area contributed by atoms with Gasteiger partial charge >= 0.3 is 0 Å². The van der Waals surface area contributed by atoms with Crippen molar-refractivity contribution < 1.29 is 14.3 Å². The minimum atomic E-state index is -0.744. The molecule has 0 aliphatic heterocycles. The molecule has 0 radical (unpaired) electrons. The van der Waals surface area contributed by atoms with Gasteiger partial charge in [0.25, 0.3) is 5.91 Å². The third-order valence-electron chi connectivity index (χ3n) is 3.88. The van der Waals surface area contributed by atoms with Crippen molar-refractivity contribution in [2.45, 2.75) is 38.7 Å². The molecule has 0 spiro atoms. The van der Waals surface area contributed by atoms with E-state index in [1.807, 2.05) is 49.4 Å². The Hall–Kier alpha value is -2.34. The molecule has 138 valence electrons. The second-order valence-corrected chi connectivity index (χ2v) is 6.86. The van der Waals surface area contributed by atoms with Crippen molar-refractivity contribution in [1.82, 2.24) is 10.9 Å². The Balaban J connectivity index is 1.91. The summed E-state index contributed by atoms with van der Waals surface area (Å²) in [5.41, 5.74) is 5.90. The average molecular weight is 419 g/mol. The molecule has 0 bridgehead atoms. The molecule has 2 rings (SSSR count). The van der Waals surface area contributed by atoms with Crippen LogP contribution < -0.4 is 15.6 Å². The molecule has 0 fully saturated rings. The van der Waals surface area contributed by atoms with Gasteiger partial charge in [0.1, 0.15) is 5.75 Å². The van der Waals surface area contributed by atoms with E-state index in [0.29, 0.717) is 12.2 Å². The summed E-state index contributed by atoms with van der Waals surface area (Å²) in [6.07, 6.45) is 0.824. The van der Waals surface area contributed by atoms with Crippen molar-refractivity contribution in [3.8, 4) is 5.75 Å². The van der Waals surface area contributed by atoms with Crippen LogP contribution in [0.4, 0.5) is 0 Å². The fourth-order valence-corrected chi connectivity index (χ4v) is 2.91. The van der Waals surface area contributed by atoms with Gasteiger partial charge < -0.3 is 4.74 Å². The number of hydrogen-bond donors (Lipinski definition) is 2. The molecular weight excluding hydrogens is 396 g/mol. The third kappa shape index (κ3) is 5.88. The lowest BCUT2D eigenvalue weighted by Gasteiger charge is -2.19. The normalized spacial score (nSPS) is 12.7. The molecular formula is C20H23BrN2O3. The second kappa shape index (κ2) is 9.97. The highest BCUT2D eigenvalue weighted by molar-refractivity contribution is 9.10. The highest BCUT2D eigenvalue weighted by Crippen LogP contribution is 2.21. The lowest BCUT2D eigenvalue weighted by atomic mass is 9.94. The van der Waals surface area contributed by atoms with Crippen LogP contribution in [-0.2, 0) is 9.59 Å². The Bertz CT molecular complexity index is 737. The number of benzene rings is 2. The van der Waals surface area contributed by atoms with Crippen LogP contribution in [0.1, 0.15) is 38.2 Å². The molecule has 0 saturated carbocycles. The molecule has 5 nitrogen and oxygen atoms in total. The van der Waals surface area contributed by atoms with E-state index < -0.39 is 12.0 Å². The zero-order valence-corrected chi connectivity index (χ0v) is 16.5. The molecule has 6 heteroatoms. The van der Waals surface area contributed by atoms with Gasteiger partial charge in [0.05, 0.1) is 5.92 Å². The van der Waals surface area contributed by atoms with Crippen LogP contribution in [0.3, 0.4) is 0 Å². The number of carbonyl (C=O) groups is 2. The molecule has 2 amide bonds. The first-order valence-electron chi connectivity index (χ1n) is 8.58. The molecule has 0 heterocycles. The van der Waals surface area contributed by atoms with Crippen molar-refractivity contribution in [2.24, 2.45) is 0 Å². The van der Waals surface area contributed by atoms with E-state index >= 15 is 0 Å². The summed E-state index contributed by atoms with van der Waals surface area (Å²) < 4.78 is 6.45. The van der Waals surface area contributed by atoms with Gasteiger partial charge in [0.15, 0.2) is 6.10 Å². The van der Waals surface area contributed by atoms with E-state index in [1.165, 1.54) is 0 Å². The monoisotopic (exact) mass is 418 g/mol. The van der Waals surface area contributed by atoms with Gasteiger partial charge in [0, 0.05) is 4.47 Å². The first-order valence-corrected chi connectivity index (χ1v) is 9.37. The molecule has 0 aliphatic carbocycles. The minimum absolute atomic E-state index is 0.235. The number of hydrogen-bond acceptors (Lipinski definition) is 3. The number of amides is 2. The van der Waals surface area contributed by atoms with E-state index in [0.717, 1.165) is 16.5 Å². The van der Waals surface area contributed by atoms with Gasteiger partial charge in [-0.2, -0.15) is 0 Å². The highest BCUT2D eigenvalue weighted by Gasteiger charge is 2.21. The summed E-state index contributed by atoms with van der Waals surface area (Å²) in [6.45, 7) is 3.65. The standard InChI is InChI=1S/C20H23BrN2O3/c1-3-8-18(15-9-5-4-6-10-15)20(25)23-22-19(24)14(2)26-17-12-7-11-16(21)13-17/h4-7,9-14,18H,3,8H2,1-2H3,(H,22,24)(H,23,25). The molecule has 2 aromatic rings. The average Bonchev–Trinajstić information content (AvgIpc) is 2.64. The van der Waals surface area contributed by atoms with Crippen LogP contribution in [0.25, 0.3) is 0 Å². The summed E-state index contributed by atoms with van der Waals surface area (Å²) in [7, 11) is 0. The Kier molecular flexibility index (Phi) is 7.66. The van der Waals surface area contributed by atoms with E-state index in [4.69, 9.17) is 4.74 Å². The molecule has 2 atom stereocenters. The third-order valence-corrected chi connectivity index (χ3v) is 4.38. The molecule has 26 heavy (non-hydrogen) atoms. The van der Waals surface area contributed by atoms with Gasteiger partial charge in [-0.1, -0.05) is 65.7 Å². The quantitative estimate of drug-likeness (QED) is 0.668.